The van der Waals surface area contributed by atoms with Crippen molar-refractivity contribution in [2.75, 3.05) is 0 Å². The maximum atomic E-state index is 9.93. The van der Waals surface area contributed by atoms with E-state index in [1.807, 2.05) is 0 Å². The van der Waals surface area contributed by atoms with Gasteiger partial charge >= 0.3 is 102 Å². The van der Waals surface area contributed by atoms with E-state index in [9.17, 15) is 16.9 Å². The van der Waals surface area contributed by atoms with E-state index in [0.717, 1.165) is 0 Å². The van der Waals surface area contributed by atoms with Crippen LogP contribution in [0.1, 0.15) is 5.56 Å². The van der Waals surface area contributed by atoms with Gasteiger partial charge in [0.25, 0.3) is 0 Å². The summed E-state index contributed by atoms with van der Waals surface area (Å²) in [4.78, 5) is 0. The fourth-order valence-corrected chi connectivity index (χ4v) is 4.17. The van der Waals surface area contributed by atoms with Gasteiger partial charge in [0.05, 0.1) is 0 Å². The van der Waals surface area contributed by atoms with Crippen LogP contribution in [0.4, 0.5) is 16.9 Å². The maximum absolute atomic E-state index is 11.2. The molecule has 17 heavy (non-hydrogen) atoms. The third kappa shape index (κ3) is 11.0. The number of hydrogen-bond donors (Lipinski definition) is 0. The molecule has 0 radical (unpaired) electrons. The van der Waals surface area contributed by atoms with Crippen LogP contribution in [0.3, 0.4) is 0 Å². The first-order valence-electron chi connectivity index (χ1n) is 4.62. The molecular weight excluding hydrogens is 423 g/mol. The average Bonchev–Trinajstić information content (AvgIpc) is 2.82. The minimum atomic E-state index is -11.2. The molecule has 0 saturated carbocycles. The van der Waals surface area contributed by atoms with Crippen molar-refractivity contribution in [1.29, 1.82) is 0 Å². The van der Waals surface area contributed by atoms with Crippen LogP contribution in [0.15, 0.2) is 24.3 Å². The second-order valence-electron chi connectivity index (χ2n) is 3.67. The van der Waals surface area contributed by atoms with Gasteiger partial charge in [-0.2, -0.15) is 0 Å². The third-order valence-electron chi connectivity index (χ3n) is 1.76. The molecule has 0 unspecified atom stereocenters. The average molecular weight is 434 g/mol. The summed E-state index contributed by atoms with van der Waals surface area (Å²) in [6.07, 6.45) is 0. The Morgan fingerprint density at radius 2 is 1.24 bits per heavy atom. The van der Waals surface area contributed by atoms with E-state index < -0.39 is 19.5 Å². The first kappa shape index (κ1) is 15.2. The van der Waals surface area contributed by atoms with Gasteiger partial charge in [-0.3, -0.25) is 0 Å². The zero-order valence-corrected chi connectivity index (χ0v) is 13.1. The van der Waals surface area contributed by atoms with Crippen LogP contribution in [0.25, 0.3) is 0 Å². The van der Waals surface area contributed by atoms with Crippen molar-refractivity contribution in [3.63, 3.8) is 0 Å². The zero-order valence-electron chi connectivity index (χ0n) is 8.85. The Bertz CT molecular complexity index is 379. The molecule has 1 aliphatic rings. The molecule has 0 aliphatic carbocycles. The standard InChI is InChI=1S/C9H11Se.6FH.Sb/c1-8-2-4-9(5-3-8)10-6-7-10;;;;;;;/h2-5H,6-7H2,1H3;6*1H;/q+1;;;;;;;+5/p-6. The minimum absolute atomic E-state index is 0.179. The van der Waals surface area contributed by atoms with Crippen LogP contribution in [0.2, 0.25) is 10.6 Å². The second kappa shape index (κ2) is 4.07. The Kier molecular flexibility index (Phi) is 3.64. The molecule has 0 spiro atoms. The number of aryl methyl sites for hydroxylation is 1. The first-order valence-corrected chi connectivity index (χ1v) is 13.7. The fourth-order valence-electron chi connectivity index (χ4n) is 1.01. The Labute approximate surface area is 102 Å². The van der Waals surface area contributed by atoms with Crippen molar-refractivity contribution in [3.05, 3.63) is 29.8 Å². The molecule has 1 aliphatic heterocycles. The summed E-state index contributed by atoms with van der Waals surface area (Å²) in [5.74, 6) is 0. The van der Waals surface area contributed by atoms with Gasteiger partial charge in [0.2, 0.25) is 0 Å². The quantitative estimate of drug-likeness (QED) is 0.466. The van der Waals surface area contributed by atoms with E-state index in [-0.39, 0.29) is 13.9 Å². The molecule has 1 heterocycles. The fraction of sp³-hybridized carbons (Fsp3) is 0.333. The number of benzene rings is 1. The Morgan fingerprint density at radius 1 is 0.882 bits per heavy atom. The van der Waals surface area contributed by atoms with E-state index in [1.165, 1.54) is 16.2 Å². The van der Waals surface area contributed by atoms with E-state index in [4.69, 9.17) is 0 Å². The summed E-state index contributed by atoms with van der Waals surface area (Å²) < 4.78 is 61.2. The normalized spacial score (nSPS) is 19.7. The van der Waals surface area contributed by atoms with Gasteiger partial charge in [0.1, 0.15) is 0 Å². The predicted octanol–water partition coefficient (Wildman–Crippen LogP) is 3.85. The molecule has 0 aromatic heterocycles. The second-order valence-corrected chi connectivity index (χ2v) is 13.9. The monoisotopic (exact) mass is 434 g/mol. The van der Waals surface area contributed by atoms with E-state index in [2.05, 4.69) is 31.2 Å². The van der Waals surface area contributed by atoms with Crippen LogP contribution >= 0.6 is 0 Å². The molecule has 100 valence electrons. The third-order valence-corrected chi connectivity index (χ3v) is 5.45. The van der Waals surface area contributed by atoms with Crippen LogP contribution < -0.4 is 4.46 Å². The van der Waals surface area contributed by atoms with E-state index >= 15 is 0 Å². The van der Waals surface area contributed by atoms with Crippen LogP contribution in [0.5, 0.6) is 0 Å². The molecule has 8 heteroatoms. The summed E-state index contributed by atoms with van der Waals surface area (Å²) in [6.45, 7) is 2.15. The van der Waals surface area contributed by atoms with Crippen molar-refractivity contribution >= 4 is 37.8 Å². The Morgan fingerprint density at radius 3 is 1.53 bits per heavy atom. The molecule has 0 amide bonds. The summed E-state index contributed by atoms with van der Waals surface area (Å²) >= 11 is -11.4. The van der Waals surface area contributed by atoms with Gasteiger partial charge in [-0.25, -0.2) is 0 Å². The van der Waals surface area contributed by atoms with Crippen molar-refractivity contribution < 1.29 is 16.9 Å². The summed E-state index contributed by atoms with van der Waals surface area (Å²) in [5, 5.41) is 3.06. The molecule has 1 saturated heterocycles. The number of hydrogen-bond acceptors (Lipinski definition) is 0. The molecule has 0 N–H and O–H groups in total. The van der Waals surface area contributed by atoms with Gasteiger partial charge in [0.15, 0.2) is 0 Å². The Hall–Kier alpha value is 0.138. The Balaban J connectivity index is 0.000000185. The topological polar surface area (TPSA) is 0 Å². The molecule has 1 aromatic carbocycles. The van der Waals surface area contributed by atoms with Crippen LogP contribution in [-0.2, 0) is 0 Å². The van der Waals surface area contributed by atoms with Gasteiger partial charge < -0.3 is 0 Å². The van der Waals surface area contributed by atoms with Crippen molar-refractivity contribution in [3.8, 4) is 0 Å². The van der Waals surface area contributed by atoms with Gasteiger partial charge in [-0.15, -0.1) is 0 Å². The number of rotatable bonds is 1. The molecule has 0 nitrogen and oxygen atoms in total. The van der Waals surface area contributed by atoms with Gasteiger partial charge in [-0.05, 0) is 0 Å². The SMILES string of the molecule is Cc1ccc([Se+]2CC2)cc1.[F][Sb-]([F])([F])([F])([F])[F]. The summed E-state index contributed by atoms with van der Waals surface area (Å²) in [7, 11) is 0. The molecular formula is C9H11F6SbSe. The first-order chi connectivity index (χ1) is 7.31. The van der Waals surface area contributed by atoms with Gasteiger partial charge in [0, 0.05) is 0 Å². The van der Waals surface area contributed by atoms with Crippen molar-refractivity contribution in [1.82, 2.24) is 0 Å². The summed E-state index contributed by atoms with van der Waals surface area (Å²) in [6, 6.07) is 9.09. The molecule has 2 rings (SSSR count). The van der Waals surface area contributed by atoms with Gasteiger partial charge in [-0.1, -0.05) is 0 Å². The van der Waals surface area contributed by atoms with Crippen LogP contribution in [0, 0.1) is 6.92 Å². The molecule has 1 fully saturated rings. The molecule has 1 aromatic rings. The van der Waals surface area contributed by atoms with E-state index in [0.29, 0.717) is 0 Å². The van der Waals surface area contributed by atoms with Crippen molar-refractivity contribution in [2.45, 2.75) is 17.6 Å². The van der Waals surface area contributed by atoms with Crippen LogP contribution in [-0.4, -0.2) is 33.4 Å². The van der Waals surface area contributed by atoms with E-state index in [1.54, 1.807) is 4.46 Å². The molecule has 0 bridgehead atoms. The zero-order chi connectivity index (χ0) is 13.4. The summed E-state index contributed by atoms with van der Waals surface area (Å²) in [5.41, 5.74) is 1.39. The van der Waals surface area contributed by atoms with Crippen molar-refractivity contribution in [2.24, 2.45) is 0 Å². The molecule has 0 atom stereocenters. The number of halogens is 6. The predicted molar refractivity (Wildman–Crippen MR) is 58.6 cm³/mol.